The molecule has 2 saturated heterocycles. The molecular weight excluding hydrogens is 464 g/mol. The second-order valence-corrected chi connectivity index (χ2v) is 10.9. The van der Waals surface area contributed by atoms with Crippen LogP contribution in [0.3, 0.4) is 0 Å². The van der Waals surface area contributed by atoms with Crippen molar-refractivity contribution in [1.82, 2.24) is 19.2 Å². The summed E-state index contributed by atoms with van der Waals surface area (Å²) in [5.41, 5.74) is 2.06. The zero-order valence-corrected chi connectivity index (χ0v) is 19.4. The van der Waals surface area contributed by atoms with Crippen molar-refractivity contribution < 1.29 is 22.0 Å². The molecule has 11 heteroatoms. The molecule has 3 aromatic rings. The first-order valence-electron chi connectivity index (χ1n) is 11.2. The number of nitrogens with zero attached hydrogens (tertiary/aromatic N) is 4. The average Bonchev–Trinajstić information content (AvgIpc) is 3.53. The fourth-order valence-corrected chi connectivity index (χ4v) is 5.79. The number of carbonyl (C=O) groups excluding carboxylic acids is 1. The van der Waals surface area contributed by atoms with Gasteiger partial charge in [0.2, 0.25) is 10.0 Å². The van der Waals surface area contributed by atoms with Crippen LogP contribution < -0.4 is 10.2 Å². The van der Waals surface area contributed by atoms with Gasteiger partial charge in [-0.1, -0.05) is 0 Å². The number of aromatic nitrogens is 2. The lowest BCUT2D eigenvalue weighted by atomic mass is 10.0. The third-order valence-electron chi connectivity index (χ3n) is 6.61. The van der Waals surface area contributed by atoms with E-state index in [0.29, 0.717) is 42.6 Å². The number of rotatable bonds is 5. The third kappa shape index (κ3) is 4.25. The number of hydrogen-bond acceptors (Lipinski definition) is 5. The Hall–Kier alpha value is -3.05. The summed E-state index contributed by atoms with van der Waals surface area (Å²) in [4.78, 5) is 15.0. The van der Waals surface area contributed by atoms with Crippen LogP contribution in [-0.4, -0.2) is 60.2 Å². The Labute approximate surface area is 196 Å². The molecule has 1 aromatic carbocycles. The summed E-state index contributed by atoms with van der Waals surface area (Å²) in [6.45, 7) is 1.29. The summed E-state index contributed by atoms with van der Waals surface area (Å²) < 4.78 is 54.7. The summed E-state index contributed by atoms with van der Waals surface area (Å²) in [6.07, 6.45) is 6.43. The second kappa shape index (κ2) is 8.62. The Morgan fingerprint density at radius 2 is 1.97 bits per heavy atom. The minimum absolute atomic E-state index is 0.240. The summed E-state index contributed by atoms with van der Waals surface area (Å²) >= 11 is 0. The maximum atomic E-state index is 14.5. The molecule has 2 aliphatic heterocycles. The molecule has 2 atom stereocenters. The van der Waals surface area contributed by atoms with Crippen LogP contribution in [-0.2, 0) is 10.0 Å². The van der Waals surface area contributed by atoms with Gasteiger partial charge >= 0.3 is 0 Å². The van der Waals surface area contributed by atoms with E-state index in [4.69, 9.17) is 0 Å². The number of halogens is 2. The van der Waals surface area contributed by atoms with E-state index in [-0.39, 0.29) is 24.5 Å². The van der Waals surface area contributed by atoms with E-state index in [2.05, 4.69) is 10.4 Å². The van der Waals surface area contributed by atoms with Gasteiger partial charge in [-0.05, 0) is 49.6 Å². The molecule has 180 valence electrons. The van der Waals surface area contributed by atoms with E-state index in [1.54, 1.807) is 10.7 Å². The number of carbonyl (C=O) groups is 1. The minimum atomic E-state index is -3.30. The van der Waals surface area contributed by atoms with Gasteiger partial charge in [0.15, 0.2) is 0 Å². The number of amides is 1. The Kier molecular flexibility index (Phi) is 5.76. The quantitative estimate of drug-likeness (QED) is 0.596. The fraction of sp³-hybridized carbons (Fsp3) is 0.391. The van der Waals surface area contributed by atoms with Gasteiger partial charge in [-0.25, -0.2) is 26.0 Å². The van der Waals surface area contributed by atoms with Crippen LogP contribution >= 0.6 is 0 Å². The molecular formula is C23H25F2N5O3S. The van der Waals surface area contributed by atoms with Gasteiger partial charge < -0.3 is 10.2 Å². The van der Waals surface area contributed by atoms with Crippen molar-refractivity contribution in [3.8, 4) is 0 Å². The zero-order chi connectivity index (χ0) is 24.0. The monoisotopic (exact) mass is 489 g/mol. The molecule has 0 bridgehead atoms. The molecule has 34 heavy (non-hydrogen) atoms. The van der Waals surface area contributed by atoms with E-state index in [1.807, 2.05) is 17.0 Å². The highest BCUT2D eigenvalue weighted by molar-refractivity contribution is 7.88. The lowest BCUT2D eigenvalue weighted by Gasteiger charge is -2.27. The predicted octanol–water partition coefficient (Wildman–Crippen LogP) is 2.72. The number of hydrogen-bond donors (Lipinski definition) is 1. The molecule has 0 saturated carbocycles. The highest BCUT2D eigenvalue weighted by Gasteiger charge is 2.31. The summed E-state index contributed by atoms with van der Waals surface area (Å²) in [5, 5.41) is 7.17. The van der Waals surface area contributed by atoms with Crippen molar-refractivity contribution in [3.05, 3.63) is 65.5 Å². The smallest absolute Gasteiger partial charge is 0.255 e. The lowest BCUT2D eigenvalue weighted by molar-refractivity contribution is 0.0940. The fourth-order valence-electron chi connectivity index (χ4n) is 4.90. The summed E-state index contributed by atoms with van der Waals surface area (Å²) in [5.74, 6) is -1.25. The molecule has 0 spiro atoms. The number of sulfonamides is 1. The molecule has 1 amide bonds. The standard InChI is InChI=1S/C23H25F2N5O3S/c1-34(32,33)28-9-6-16(14-28)27-23(31)19-13-26-30-10-7-17(12-22(19)30)29-8-2-3-21(29)18-11-15(24)4-5-20(18)25/h4-5,7,10-13,16,21H,2-3,6,8-9,14H2,1H3,(H,27,31)/t16-,21+/m0/s1. The molecule has 0 unspecified atom stereocenters. The molecule has 5 rings (SSSR count). The minimum Gasteiger partial charge on any atom is -0.364 e. The van der Waals surface area contributed by atoms with Crippen LogP contribution in [0.15, 0.2) is 42.7 Å². The van der Waals surface area contributed by atoms with Crippen molar-refractivity contribution in [3.63, 3.8) is 0 Å². The van der Waals surface area contributed by atoms with E-state index >= 15 is 0 Å². The van der Waals surface area contributed by atoms with Crippen LogP contribution in [0.4, 0.5) is 14.5 Å². The molecule has 0 radical (unpaired) electrons. The maximum absolute atomic E-state index is 14.5. The number of nitrogens with one attached hydrogen (secondary N) is 1. The second-order valence-electron chi connectivity index (χ2n) is 8.87. The average molecular weight is 490 g/mol. The van der Waals surface area contributed by atoms with Crippen molar-refractivity contribution >= 4 is 27.1 Å². The van der Waals surface area contributed by atoms with Gasteiger partial charge in [0.05, 0.1) is 29.6 Å². The van der Waals surface area contributed by atoms with Gasteiger partial charge in [0, 0.05) is 43.1 Å². The normalized spacial score (nSPS) is 21.4. The van der Waals surface area contributed by atoms with Crippen LogP contribution in [0.5, 0.6) is 0 Å². The van der Waals surface area contributed by atoms with Crippen LogP contribution in [0.1, 0.15) is 41.2 Å². The molecule has 8 nitrogen and oxygen atoms in total. The topological polar surface area (TPSA) is 87.0 Å². The Balaban J connectivity index is 1.40. The van der Waals surface area contributed by atoms with Gasteiger partial charge in [-0.3, -0.25) is 4.79 Å². The molecule has 2 aromatic heterocycles. The molecule has 2 aliphatic rings. The SMILES string of the molecule is CS(=O)(=O)N1CC[C@H](NC(=O)c2cnn3ccc(N4CCC[C@@H]4c4cc(F)ccc4F)cc23)C1. The zero-order valence-electron chi connectivity index (χ0n) is 18.6. The number of fused-ring (bicyclic) bond motifs is 1. The van der Waals surface area contributed by atoms with Crippen molar-refractivity contribution in [2.24, 2.45) is 0 Å². The van der Waals surface area contributed by atoms with Gasteiger partial charge in [-0.15, -0.1) is 0 Å². The maximum Gasteiger partial charge on any atom is 0.255 e. The molecule has 1 N–H and O–H groups in total. The third-order valence-corrected chi connectivity index (χ3v) is 7.88. The van der Waals surface area contributed by atoms with E-state index < -0.39 is 21.7 Å². The molecule has 0 aliphatic carbocycles. The highest BCUT2D eigenvalue weighted by Crippen LogP contribution is 2.38. The first-order valence-corrected chi connectivity index (χ1v) is 13.0. The predicted molar refractivity (Wildman–Crippen MR) is 123 cm³/mol. The summed E-state index contributed by atoms with van der Waals surface area (Å²) in [7, 11) is -3.30. The first kappa shape index (κ1) is 22.7. The Morgan fingerprint density at radius 3 is 2.74 bits per heavy atom. The van der Waals surface area contributed by atoms with Crippen molar-refractivity contribution in [2.75, 3.05) is 30.8 Å². The van der Waals surface area contributed by atoms with Crippen LogP contribution in [0, 0.1) is 11.6 Å². The molecule has 4 heterocycles. The first-order chi connectivity index (χ1) is 16.2. The van der Waals surface area contributed by atoms with Gasteiger partial charge in [-0.2, -0.15) is 5.10 Å². The van der Waals surface area contributed by atoms with Gasteiger partial charge in [0.1, 0.15) is 11.6 Å². The van der Waals surface area contributed by atoms with E-state index in [0.717, 1.165) is 30.5 Å². The lowest BCUT2D eigenvalue weighted by Crippen LogP contribution is -2.38. The number of pyridine rings is 1. The Morgan fingerprint density at radius 1 is 1.15 bits per heavy atom. The van der Waals surface area contributed by atoms with Crippen LogP contribution in [0.25, 0.3) is 5.52 Å². The molecule has 2 fully saturated rings. The largest absolute Gasteiger partial charge is 0.364 e. The van der Waals surface area contributed by atoms with E-state index in [9.17, 15) is 22.0 Å². The van der Waals surface area contributed by atoms with Crippen molar-refractivity contribution in [1.29, 1.82) is 0 Å². The van der Waals surface area contributed by atoms with Gasteiger partial charge in [0.25, 0.3) is 5.91 Å². The Bertz CT molecular complexity index is 1360. The number of benzene rings is 1. The van der Waals surface area contributed by atoms with E-state index in [1.165, 1.54) is 16.6 Å². The summed E-state index contributed by atoms with van der Waals surface area (Å²) in [6, 6.07) is 6.60. The number of anilines is 1. The van der Waals surface area contributed by atoms with Crippen LogP contribution in [0.2, 0.25) is 0 Å². The van der Waals surface area contributed by atoms with Crippen molar-refractivity contribution in [2.45, 2.75) is 31.3 Å². The highest BCUT2D eigenvalue weighted by atomic mass is 32.2.